The molecule has 196 valence electrons. The lowest BCUT2D eigenvalue weighted by atomic mass is 9.97. The summed E-state index contributed by atoms with van der Waals surface area (Å²) in [5, 5.41) is 0. The second kappa shape index (κ2) is 14.4. The van der Waals surface area contributed by atoms with Crippen LogP contribution < -0.4 is 0 Å². The SMILES string of the molecule is Cc1ccc(C(=O)C(C)CN2CCCCC2)cc1.Cc1ccc(C(=O)C(C)CN2CCCCC2)cc1. The third-order valence-corrected chi connectivity index (χ3v) is 7.53. The molecule has 2 atom stereocenters. The van der Waals surface area contributed by atoms with Crippen LogP contribution in [0, 0.1) is 25.7 Å². The normalized spacial score (nSPS) is 18.6. The van der Waals surface area contributed by atoms with Crippen molar-refractivity contribution >= 4 is 11.6 Å². The highest BCUT2D eigenvalue weighted by Gasteiger charge is 2.21. The molecule has 2 heterocycles. The van der Waals surface area contributed by atoms with Crippen LogP contribution in [0.2, 0.25) is 0 Å². The molecule has 2 unspecified atom stereocenters. The van der Waals surface area contributed by atoms with E-state index in [4.69, 9.17) is 0 Å². The largest absolute Gasteiger partial charge is 0.303 e. The lowest BCUT2D eigenvalue weighted by Crippen LogP contribution is -2.35. The van der Waals surface area contributed by atoms with Gasteiger partial charge in [-0.05, 0) is 65.7 Å². The molecular formula is C32H46N2O2. The Bertz CT molecular complexity index is 860. The van der Waals surface area contributed by atoms with Gasteiger partial charge in [0, 0.05) is 36.1 Å². The van der Waals surface area contributed by atoms with Crippen LogP contribution in [0.5, 0.6) is 0 Å². The standard InChI is InChI=1S/2C16H23NO/c2*1-13-6-8-15(9-7-13)16(18)14(2)12-17-10-4-3-5-11-17/h2*6-9,14H,3-5,10-12H2,1-2H3. The van der Waals surface area contributed by atoms with E-state index in [2.05, 4.69) is 23.6 Å². The molecule has 4 heteroatoms. The maximum absolute atomic E-state index is 12.3. The van der Waals surface area contributed by atoms with Gasteiger partial charge in [-0.1, -0.05) is 86.3 Å². The predicted octanol–water partition coefficient (Wildman–Crippen LogP) is 6.60. The molecule has 36 heavy (non-hydrogen) atoms. The zero-order chi connectivity index (χ0) is 25.9. The average Bonchev–Trinajstić information content (AvgIpc) is 2.90. The molecule has 2 aliphatic heterocycles. The van der Waals surface area contributed by atoms with Gasteiger partial charge in [0.1, 0.15) is 0 Å². The van der Waals surface area contributed by atoms with E-state index in [0.717, 1.165) is 50.4 Å². The van der Waals surface area contributed by atoms with Gasteiger partial charge in [-0.3, -0.25) is 9.59 Å². The van der Waals surface area contributed by atoms with Crippen molar-refractivity contribution in [3.63, 3.8) is 0 Å². The van der Waals surface area contributed by atoms with Gasteiger partial charge in [-0.2, -0.15) is 0 Å². The van der Waals surface area contributed by atoms with Gasteiger partial charge in [0.25, 0.3) is 0 Å². The predicted molar refractivity (Wildman–Crippen MR) is 150 cm³/mol. The topological polar surface area (TPSA) is 40.6 Å². The van der Waals surface area contributed by atoms with Crippen molar-refractivity contribution in [2.24, 2.45) is 11.8 Å². The molecule has 0 aromatic heterocycles. The lowest BCUT2D eigenvalue weighted by molar-refractivity contribution is 0.0876. The monoisotopic (exact) mass is 490 g/mol. The summed E-state index contributed by atoms with van der Waals surface area (Å²) in [6.45, 7) is 14.7. The molecule has 0 bridgehead atoms. The second-order valence-electron chi connectivity index (χ2n) is 11.0. The van der Waals surface area contributed by atoms with Gasteiger partial charge < -0.3 is 9.80 Å². The summed E-state index contributed by atoms with van der Waals surface area (Å²) in [6, 6.07) is 15.9. The third-order valence-electron chi connectivity index (χ3n) is 7.53. The summed E-state index contributed by atoms with van der Waals surface area (Å²) in [7, 11) is 0. The van der Waals surface area contributed by atoms with E-state index in [9.17, 15) is 9.59 Å². The molecule has 2 aromatic carbocycles. The molecule has 0 amide bonds. The second-order valence-corrected chi connectivity index (χ2v) is 11.0. The molecule has 0 saturated carbocycles. The first kappa shape index (κ1) is 28.3. The van der Waals surface area contributed by atoms with Crippen molar-refractivity contribution in [2.45, 2.75) is 66.2 Å². The van der Waals surface area contributed by atoms with E-state index >= 15 is 0 Å². The van der Waals surface area contributed by atoms with Crippen molar-refractivity contribution in [2.75, 3.05) is 39.3 Å². The summed E-state index contributed by atoms with van der Waals surface area (Å²) in [6.07, 6.45) is 7.82. The molecule has 4 rings (SSSR count). The Hall–Kier alpha value is -2.30. The van der Waals surface area contributed by atoms with Crippen molar-refractivity contribution < 1.29 is 9.59 Å². The Balaban J connectivity index is 0.000000201. The molecule has 2 aromatic rings. The Morgan fingerprint density at radius 2 is 0.889 bits per heavy atom. The van der Waals surface area contributed by atoms with Gasteiger partial charge in [0.15, 0.2) is 11.6 Å². The van der Waals surface area contributed by atoms with Crippen LogP contribution in [-0.4, -0.2) is 60.6 Å². The number of nitrogens with zero attached hydrogens (tertiary/aromatic N) is 2. The van der Waals surface area contributed by atoms with E-state index < -0.39 is 0 Å². The number of Topliss-reactive ketones (excluding diaryl/α,β-unsaturated/α-hetero) is 2. The minimum Gasteiger partial charge on any atom is -0.303 e. The molecule has 2 saturated heterocycles. The van der Waals surface area contributed by atoms with E-state index in [1.807, 2.05) is 62.4 Å². The summed E-state index contributed by atoms with van der Waals surface area (Å²) in [5.41, 5.74) is 4.11. The number of carbonyl (C=O) groups excluding carboxylic acids is 2. The number of aryl methyl sites for hydroxylation is 2. The van der Waals surface area contributed by atoms with E-state index in [0.29, 0.717) is 0 Å². The zero-order valence-corrected chi connectivity index (χ0v) is 23.0. The first-order valence-corrected chi connectivity index (χ1v) is 14.0. The molecule has 0 N–H and O–H groups in total. The highest BCUT2D eigenvalue weighted by atomic mass is 16.1. The fraction of sp³-hybridized carbons (Fsp3) is 0.562. The number of hydrogen-bond donors (Lipinski definition) is 0. The minimum atomic E-state index is 0.103. The lowest BCUT2D eigenvalue weighted by Gasteiger charge is -2.28. The van der Waals surface area contributed by atoms with E-state index in [1.54, 1.807) is 0 Å². The van der Waals surface area contributed by atoms with Crippen molar-refractivity contribution in [3.05, 3.63) is 70.8 Å². The molecule has 2 fully saturated rings. The number of ketones is 2. The minimum absolute atomic E-state index is 0.103. The smallest absolute Gasteiger partial charge is 0.166 e. The van der Waals surface area contributed by atoms with Gasteiger partial charge in [0.05, 0.1) is 0 Å². The molecule has 0 radical (unpaired) electrons. The van der Waals surface area contributed by atoms with Crippen LogP contribution in [0.3, 0.4) is 0 Å². The molecule has 4 nitrogen and oxygen atoms in total. The first-order chi connectivity index (χ1) is 17.3. The number of carbonyl (C=O) groups is 2. The summed E-state index contributed by atoms with van der Waals surface area (Å²) < 4.78 is 0. The van der Waals surface area contributed by atoms with Gasteiger partial charge in [-0.15, -0.1) is 0 Å². The quantitative estimate of drug-likeness (QED) is 0.391. The number of benzene rings is 2. The van der Waals surface area contributed by atoms with Crippen LogP contribution in [-0.2, 0) is 0 Å². The van der Waals surface area contributed by atoms with Crippen LogP contribution >= 0.6 is 0 Å². The van der Waals surface area contributed by atoms with Gasteiger partial charge in [0.2, 0.25) is 0 Å². The molecule has 0 spiro atoms. The fourth-order valence-corrected chi connectivity index (χ4v) is 5.23. The van der Waals surface area contributed by atoms with Crippen LogP contribution in [0.15, 0.2) is 48.5 Å². The summed E-state index contributed by atoms with van der Waals surface area (Å²) in [5.74, 6) is 0.762. The number of rotatable bonds is 8. The summed E-state index contributed by atoms with van der Waals surface area (Å²) in [4.78, 5) is 29.5. The van der Waals surface area contributed by atoms with Crippen LogP contribution in [0.4, 0.5) is 0 Å². The highest BCUT2D eigenvalue weighted by Crippen LogP contribution is 2.16. The Morgan fingerprint density at radius 3 is 1.19 bits per heavy atom. The summed E-state index contributed by atoms with van der Waals surface area (Å²) >= 11 is 0. The Morgan fingerprint density at radius 1 is 0.583 bits per heavy atom. The maximum atomic E-state index is 12.3. The zero-order valence-electron chi connectivity index (χ0n) is 23.0. The van der Waals surface area contributed by atoms with E-state index in [1.165, 1.54) is 49.7 Å². The first-order valence-electron chi connectivity index (χ1n) is 14.0. The van der Waals surface area contributed by atoms with Crippen molar-refractivity contribution in [1.29, 1.82) is 0 Å². The average molecular weight is 491 g/mol. The van der Waals surface area contributed by atoms with Crippen LogP contribution in [0.25, 0.3) is 0 Å². The number of likely N-dealkylation sites (tertiary alicyclic amines) is 2. The third kappa shape index (κ3) is 8.97. The maximum Gasteiger partial charge on any atom is 0.166 e. The highest BCUT2D eigenvalue weighted by molar-refractivity contribution is 5.98. The number of hydrogen-bond acceptors (Lipinski definition) is 4. The molecular weight excluding hydrogens is 444 g/mol. The fourth-order valence-electron chi connectivity index (χ4n) is 5.23. The van der Waals surface area contributed by atoms with Crippen molar-refractivity contribution in [1.82, 2.24) is 9.80 Å². The Labute approximate surface area is 219 Å². The molecule has 2 aliphatic rings. The van der Waals surface area contributed by atoms with Gasteiger partial charge in [-0.25, -0.2) is 0 Å². The van der Waals surface area contributed by atoms with Crippen LogP contribution in [0.1, 0.15) is 84.2 Å². The molecule has 0 aliphatic carbocycles. The number of piperidine rings is 2. The Kier molecular flexibility index (Phi) is 11.3. The van der Waals surface area contributed by atoms with Crippen molar-refractivity contribution in [3.8, 4) is 0 Å². The van der Waals surface area contributed by atoms with Gasteiger partial charge >= 0.3 is 0 Å². The van der Waals surface area contributed by atoms with E-state index in [-0.39, 0.29) is 23.4 Å².